The summed E-state index contributed by atoms with van der Waals surface area (Å²) < 4.78 is 6.58. The van der Waals surface area contributed by atoms with Gasteiger partial charge in [-0.05, 0) is 17.7 Å². The van der Waals surface area contributed by atoms with Gasteiger partial charge in [0.25, 0.3) is 0 Å². The number of fused-ring (bicyclic) bond motifs is 1. The van der Waals surface area contributed by atoms with Crippen LogP contribution in [0, 0.1) is 0 Å². The number of rotatable bonds is 3. The Bertz CT molecular complexity index is 698. The molecule has 3 heterocycles. The van der Waals surface area contributed by atoms with E-state index in [2.05, 4.69) is 5.16 Å². The second kappa shape index (κ2) is 4.03. The zero-order valence-corrected chi connectivity index (χ0v) is 9.41. The molecule has 0 aromatic carbocycles. The van der Waals surface area contributed by atoms with Crippen LogP contribution in [0.1, 0.15) is 21.5 Å². The normalized spacial score (nSPS) is 10.9. The van der Waals surface area contributed by atoms with Crippen molar-refractivity contribution >= 4 is 11.5 Å². The number of aromatic carboxylic acids is 1. The van der Waals surface area contributed by atoms with Crippen molar-refractivity contribution < 1.29 is 14.4 Å². The summed E-state index contributed by atoms with van der Waals surface area (Å²) in [5, 5.41) is 12.9. The molecule has 0 aliphatic rings. The van der Waals surface area contributed by atoms with Gasteiger partial charge in [-0.25, -0.2) is 4.79 Å². The van der Waals surface area contributed by atoms with Crippen molar-refractivity contribution in [3.8, 4) is 0 Å². The van der Waals surface area contributed by atoms with Crippen LogP contribution >= 0.6 is 0 Å². The summed E-state index contributed by atoms with van der Waals surface area (Å²) in [6, 6.07) is 5.65. The maximum atomic E-state index is 11.3. The van der Waals surface area contributed by atoms with E-state index < -0.39 is 5.97 Å². The van der Waals surface area contributed by atoms with Crippen LogP contribution in [0.15, 0.2) is 47.6 Å². The molecule has 0 atom stereocenters. The highest BCUT2D eigenvalue weighted by Crippen LogP contribution is 2.22. The quantitative estimate of drug-likeness (QED) is 0.764. The van der Waals surface area contributed by atoms with E-state index in [4.69, 9.17) is 4.52 Å². The van der Waals surface area contributed by atoms with Crippen LogP contribution < -0.4 is 0 Å². The molecule has 18 heavy (non-hydrogen) atoms. The Hall–Kier alpha value is -2.56. The van der Waals surface area contributed by atoms with Crippen LogP contribution in [0.25, 0.3) is 5.52 Å². The van der Waals surface area contributed by atoms with Crippen molar-refractivity contribution in [2.45, 2.75) is 6.42 Å². The highest BCUT2D eigenvalue weighted by atomic mass is 16.5. The van der Waals surface area contributed by atoms with Crippen LogP contribution in [0.4, 0.5) is 0 Å². The topological polar surface area (TPSA) is 67.7 Å². The molecule has 0 saturated heterocycles. The first-order chi connectivity index (χ1) is 8.75. The third-order valence-corrected chi connectivity index (χ3v) is 2.89. The van der Waals surface area contributed by atoms with E-state index >= 15 is 0 Å². The number of carboxylic acid groups (broad SMARTS) is 1. The third kappa shape index (κ3) is 1.66. The minimum Gasteiger partial charge on any atom is -0.478 e. The molecule has 0 bridgehead atoms. The number of hydrogen-bond donors (Lipinski definition) is 1. The summed E-state index contributed by atoms with van der Waals surface area (Å²) in [5.41, 5.74) is 2.82. The molecule has 3 aromatic rings. The van der Waals surface area contributed by atoms with Crippen molar-refractivity contribution in [1.82, 2.24) is 9.56 Å². The molecule has 0 saturated carbocycles. The van der Waals surface area contributed by atoms with Crippen LogP contribution in [0.3, 0.4) is 0 Å². The lowest BCUT2D eigenvalue weighted by atomic mass is 10.1. The van der Waals surface area contributed by atoms with Gasteiger partial charge in [0.2, 0.25) is 0 Å². The van der Waals surface area contributed by atoms with E-state index in [-0.39, 0.29) is 0 Å². The van der Waals surface area contributed by atoms with E-state index in [0.29, 0.717) is 12.0 Å². The zero-order valence-electron chi connectivity index (χ0n) is 9.41. The largest absolute Gasteiger partial charge is 0.478 e. The van der Waals surface area contributed by atoms with Gasteiger partial charge in [-0.1, -0.05) is 11.2 Å². The number of nitrogens with zero attached hydrogens (tertiary/aromatic N) is 2. The van der Waals surface area contributed by atoms with Gasteiger partial charge < -0.3 is 14.0 Å². The van der Waals surface area contributed by atoms with Crippen molar-refractivity contribution in [2.75, 3.05) is 0 Å². The van der Waals surface area contributed by atoms with Gasteiger partial charge in [-0.2, -0.15) is 0 Å². The molecule has 0 spiro atoms. The standard InChI is InChI=1S/C13H10N2O3/c16-13(17)11-7-15-4-2-1-3-12(15)10(11)5-9-6-14-18-8-9/h1-4,6-8H,5H2,(H,16,17). The van der Waals surface area contributed by atoms with E-state index in [1.54, 1.807) is 12.4 Å². The lowest BCUT2D eigenvalue weighted by Gasteiger charge is -1.99. The van der Waals surface area contributed by atoms with Gasteiger partial charge in [-0.3, -0.25) is 0 Å². The average molecular weight is 242 g/mol. The Labute approximate surface area is 102 Å². The summed E-state index contributed by atoms with van der Waals surface area (Å²) in [6.07, 6.45) is 7.07. The van der Waals surface area contributed by atoms with Crippen LogP contribution in [-0.2, 0) is 6.42 Å². The molecule has 5 nitrogen and oxygen atoms in total. The highest BCUT2D eigenvalue weighted by molar-refractivity contribution is 5.92. The monoisotopic (exact) mass is 242 g/mol. The maximum absolute atomic E-state index is 11.3. The molecule has 0 aliphatic carbocycles. The summed E-state index contributed by atoms with van der Waals surface area (Å²) in [6.45, 7) is 0. The molecule has 0 amide bonds. The second-order valence-corrected chi connectivity index (χ2v) is 4.03. The predicted molar refractivity (Wildman–Crippen MR) is 63.7 cm³/mol. The fourth-order valence-corrected chi connectivity index (χ4v) is 2.07. The molecule has 0 unspecified atom stereocenters. The lowest BCUT2D eigenvalue weighted by molar-refractivity contribution is 0.0696. The molecule has 5 heteroatoms. The van der Waals surface area contributed by atoms with E-state index in [0.717, 1.165) is 16.6 Å². The van der Waals surface area contributed by atoms with Gasteiger partial charge >= 0.3 is 5.97 Å². The Morgan fingerprint density at radius 1 is 1.44 bits per heavy atom. The summed E-state index contributed by atoms with van der Waals surface area (Å²) in [4.78, 5) is 11.3. The molecule has 3 aromatic heterocycles. The van der Waals surface area contributed by atoms with Crippen molar-refractivity contribution in [2.24, 2.45) is 0 Å². The first kappa shape index (κ1) is 10.6. The highest BCUT2D eigenvalue weighted by Gasteiger charge is 2.16. The molecule has 90 valence electrons. The van der Waals surface area contributed by atoms with Crippen molar-refractivity contribution in [3.63, 3.8) is 0 Å². The maximum Gasteiger partial charge on any atom is 0.337 e. The SMILES string of the molecule is O=C(O)c1cn2ccccc2c1Cc1cnoc1. The minimum atomic E-state index is -0.926. The first-order valence-electron chi connectivity index (χ1n) is 5.46. The third-order valence-electron chi connectivity index (χ3n) is 2.89. The van der Waals surface area contributed by atoms with Crippen molar-refractivity contribution in [3.05, 3.63) is 59.7 Å². The Kier molecular flexibility index (Phi) is 2.37. The number of pyridine rings is 1. The van der Waals surface area contributed by atoms with Gasteiger partial charge in [-0.15, -0.1) is 0 Å². The smallest absolute Gasteiger partial charge is 0.337 e. The van der Waals surface area contributed by atoms with E-state index in [1.807, 2.05) is 28.8 Å². The Balaban J connectivity index is 2.18. The number of carbonyl (C=O) groups is 1. The van der Waals surface area contributed by atoms with Gasteiger partial charge in [0, 0.05) is 29.9 Å². The number of hydrogen-bond acceptors (Lipinski definition) is 3. The molecule has 0 aliphatic heterocycles. The molecule has 0 fully saturated rings. The summed E-state index contributed by atoms with van der Waals surface area (Å²) in [5.74, 6) is -0.926. The van der Waals surface area contributed by atoms with Crippen molar-refractivity contribution in [1.29, 1.82) is 0 Å². The van der Waals surface area contributed by atoms with Gasteiger partial charge in [0.1, 0.15) is 6.26 Å². The lowest BCUT2D eigenvalue weighted by Crippen LogP contribution is -1.99. The molecular formula is C13H10N2O3. The average Bonchev–Trinajstić information content (AvgIpc) is 2.98. The van der Waals surface area contributed by atoms with E-state index in [1.165, 1.54) is 6.26 Å². The second-order valence-electron chi connectivity index (χ2n) is 4.03. The summed E-state index contributed by atoms with van der Waals surface area (Å²) >= 11 is 0. The molecular weight excluding hydrogens is 232 g/mol. The molecule has 3 rings (SSSR count). The van der Waals surface area contributed by atoms with Gasteiger partial charge in [0.05, 0.1) is 11.8 Å². The predicted octanol–water partition coefficient (Wildman–Crippen LogP) is 2.22. The van der Waals surface area contributed by atoms with Crippen LogP contribution in [-0.4, -0.2) is 20.6 Å². The fraction of sp³-hybridized carbons (Fsp3) is 0.0769. The van der Waals surface area contributed by atoms with Crippen LogP contribution in [0.2, 0.25) is 0 Å². The van der Waals surface area contributed by atoms with Crippen LogP contribution in [0.5, 0.6) is 0 Å². The fourth-order valence-electron chi connectivity index (χ4n) is 2.07. The Morgan fingerprint density at radius 3 is 3.06 bits per heavy atom. The zero-order chi connectivity index (χ0) is 12.5. The summed E-state index contributed by atoms with van der Waals surface area (Å²) in [7, 11) is 0. The molecule has 0 radical (unpaired) electrons. The van der Waals surface area contributed by atoms with Gasteiger partial charge in [0.15, 0.2) is 0 Å². The number of carboxylic acids is 1. The molecule has 1 N–H and O–H groups in total. The van der Waals surface area contributed by atoms with E-state index in [9.17, 15) is 9.90 Å². The minimum absolute atomic E-state index is 0.308. The number of aromatic nitrogens is 2. The first-order valence-corrected chi connectivity index (χ1v) is 5.46. The Morgan fingerprint density at radius 2 is 2.33 bits per heavy atom.